The fraction of sp³-hybridized carbons (Fsp3) is 0.923. The Kier molecular flexibility index (Phi) is 5.26. The van der Waals surface area contributed by atoms with Gasteiger partial charge in [0.2, 0.25) is 0 Å². The Morgan fingerprint density at radius 1 is 1.38 bits per heavy atom. The summed E-state index contributed by atoms with van der Waals surface area (Å²) in [6.45, 7) is 7.91. The van der Waals surface area contributed by atoms with Crippen LogP contribution in [0.4, 0.5) is 0 Å². The number of carbonyl (C=O) groups is 1. The molecule has 1 atom stereocenters. The maximum Gasteiger partial charge on any atom is 0.307 e. The zero-order valence-electron chi connectivity index (χ0n) is 10.8. The lowest BCUT2D eigenvalue weighted by Gasteiger charge is -2.36. The first kappa shape index (κ1) is 13.5. The third-order valence-corrected chi connectivity index (χ3v) is 3.84. The summed E-state index contributed by atoms with van der Waals surface area (Å²) in [7, 11) is 0. The van der Waals surface area contributed by atoms with Crippen molar-refractivity contribution in [3.8, 4) is 0 Å². The molecule has 0 saturated heterocycles. The second-order valence-electron chi connectivity index (χ2n) is 5.24. The molecule has 0 aromatic rings. The van der Waals surface area contributed by atoms with Crippen LogP contribution in [-0.2, 0) is 4.79 Å². The van der Waals surface area contributed by atoms with Gasteiger partial charge in [0.15, 0.2) is 0 Å². The largest absolute Gasteiger partial charge is 0.481 e. The summed E-state index contributed by atoms with van der Waals surface area (Å²) < 4.78 is 0. The minimum absolute atomic E-state index is 0.251. The normalized spacial score (nSPS) is 28.0. The molecule has 0 radical (unpaired) electrons. The summed E-state index contributed by atoms with van der Waals surface area (Å²) in [4.78, 5) is 13.2. The van der Waals surface area contributed by atoms with Crippen molar-refractivity contribution in [2.45, 2.75) is 52.5 Å². The first-order valence-electron chi connectivity index (χ1n) is 6.51. The molecule has 1 aliphatic rings. The van der Waals surface area contributed by atoms with E-state index in [1.807, 2.05) is 0 Å². The highest BCUT2D eigenvalue weighted by atomic mass is 16.4. The van der Waals surface area contributed by atoms with Crippen LogP contribution in [0.1, 0.15) is 46.5 Å². The first-order chi connectivity index (χ1) is 7.54. The highest BCUT2D eigenvalue weighted by Gasteiger charge is 2.25. The number of hydrogen-bond acceptors (Lipinski definition) is 2. The maximum atomic E-state index is 10.9. The lowest BCUT2D eigenvalue weighted by atomic mass is 9.86. The Labute approximate surface area is 98.8 Å². The van der Waals surface area contributed by atoms with Crippen LogP contribution in [0.5, 0.6) is 0 Å². The number of rotatable bonds is 5. The van der Waals surface area contributed by atoms with Gasteiger partial charge in [0.25, 0.3) is 0 Å². The molecule has 16 heavy (non-hydrogen) atoms. The predicted molar refractivity (Wildman–Crippen MR) is 65.5 cm³/mol. The molecule has 0 bridgehead atoms. The van der Waals surface area contributed by atoms with Crippen molar-refractivity contribution in [3.63, 3.8) is 0 Å². The fourth-order valence-electron chi connectivity index (χ4n) is 2.57. The number of aliphatic carboxylic acids is 1. The van der Waals surface area contributed by atoms with Gasteiger partial charge in [0, 0.05) is 12.6 Å². The molecule has 0 aliphatic heterocycles. The van der Waals surface area contributed by atoms with E-state index in [-0.39, 0.29) is 5.92 Å². The molecule has 0 amide bonds. The summed E-state index contributed by atoms with van der Waals surface area (Å²) in [5.74, 6) is -0.0752. The number of carboxylic acid groups (broad SMARTS) is 1. The molecule has 0 heterocycles. The van der Waals surface area contributed by atoms with Crippen LogP contribution in [0, 0.1) is 11.8 Å². The molecule has 1 unspecified atom stereocenters. The molecular formula is C13H25NO2. The Morgan fingerprint density at radius 3 is 2.38 bits per heavy atom. The Balaban J connectivity index is 2.44. The van der Waals surface area contributed by atoms with Crippen molar-refractivity contribution in [2.24, 2.45) is 11.8 Å². The number of nitrogens with zero attached hydrogens (tertiary/aromatic N) is 1. The number of hydrogen-bond donors (Lipinski definition) is 1. The minimum atomic E-state index is -0.678. The van der Waals surface area contributed by atoms with E-state index < -0.39 is 5.97 Å². The summed E-state index contributed by atoms with van der Waals surface area (Å²) in [6, 6.07) is 0.614. The first-order valence-corrected chi connectivity index (χ1v) is 6.51. The van der Waals surface area contributed by atoms with Crippen LogP contribution in [0.3, 0.4) is 0 Å². The van der Waals surface area contributed by atoms with E-state index in [1.54, 1.807) is 6.92 Å². The van der Waals surface area contributed by atoms with Gasteiger partial charge in [-0.25, -0.2) is 0 Å². The fourth-order valence-corrected chi connectivity index (χ4v) is 2.57. The van der Waals surface area contributed by atoms with Crippen molar-refractivity contribution in [1.29, 1.82) is 0 Å². The van der Waals surface area contributed by atoms with Gasteiger partial charge in [0.1, 0.15) is 0 Å². The number of carboxylic acids is 1. The van der Waals surface area contributed by atoms with Crippen molar-refractivity contribution >= 4 is 5.97 Å². The summed E-state index contributed by atoms with van der Waals surface area (Å²) in [5, 5.41) is 8.94. The van der Waals surface area contributed by atoms with Crippen molar-refractivity contribution < 1.29 is 9.90 Å². The standard InChI is InChI=1S/C13H25NO2/c1-4-14(9-11(3)13(15)16)12-7-5-10(2)6-8-12/h10-12H,4-9H2,1-3H3,(H,15,16). The molecule has 1 N–H and O–H groups in total. The maximum absolute atomic E-state index is 10.9. The van der Waals surface area contributed by atoms with Gasteiger partial charge in [-0.1, -0.05) is 20.8 Å². The molecule has 3 nitrogen and oxygen atoms in total. The average Bonchev–Trinajstić information content (AvgIpc) is 2.26. The molecular weight excluding hydrogens is 202 g/mol. The predicted octanol–water partition coefficient (Wildman–Crippen LogP) is 2.61. The zero-order chi connectivity index (χ0) is 12.1. The van der Waals surface area contributed by atoms with E-state index in [0.29, 0.717) is 12.6 Å². The summed E-state index contributed by atoms with van der Waals surface area (Å²) in [5.41, 5.74) is 0. The SMILES string of the molecule is CCN(CC(C)C(=O)O)C1CCC(C)CC1. The second kappa shape index (κ2) is 6.24. The molecule has 1 fully saturated rings. The Morgan fingerprint density at radius 2 is 1.94 bits per heavy atom. The van der Waals surface area contributed by atoms with E-state index in [2.05, 4.69) is 18.7 Å². The monoisotopic (exact) mass is 227 g/mol. The van der Waals surface area contributed by atoms with Crippen LogP contribution >= 0.6 is 0 Å². The highest BCUT2D eigenvalue weighted by molar-refractivity contribution is 5.69. The van der Waals surface area contributed by atoms with Crippen LogP contribution in [0.15, 0.2) is 0 Å². The molecule has 0 aromatic heterocycles. The van der Waals surface area contributed by atoms with Crippen LogP contribution in [0.25, 0.3) is 0 Å². The molecule has 3 heteroatoms. The molecule has 0 aromatic carbocycles. The van der Waals surface area contributed by atoms with Gasteiger partial charge in [-0.05, 0) is 38.1 Å². The van der Waals surface area contributed by atoms with Crippen LogP contribution in [-0.4, -0.2) is 35.1 Å². The van der Waals surface area contributed by atoms with E-state index in [9.17, 15) is 4.79 Å². The van der Waals surface area contributed by atoms with Crippen molar-refractivity contribution in [2.75, 3.05) is 13.1 Å². The van der Waals surface area contributed by atoms with Gasteiger partial charge >= 0.3 is 5.97 Å². The van der Waals surface area contributed by atoms with Crippen LogP contribution < -0.4 is 0 Å². The van der Waals surface area contributed by atoms with E-state index >= 15 is 0 Å². The quantitative estimate of drug-likeness (QED) is 0.785. The lowest BCUT2D eigenvalue weighted by molar-refractivity contribution is -0.142. The van der Waals surface area contributed by atoms with Gasteiger partial charge in [-0.3, -0.25) is 9.69 Å². The second-order valence-corrected chi connectivity index (χ2v) is 5.24. The summed E-state index contributed by atoms with van der Waals surface area (Å²) >= 11 is 0. The minimum Gasteiger partial charge on any atom is -0.481 e. The average molecular weight is 227 g/mol. The van der Waals surface area contributed by atoms with E-state index in [1.165, 1.54) is 25.7 Å². The Bertz CT molecular complexity index is 222. The molecule has 1 aliphatic carbocycles. The third-order valence-electron chi connectivity index (χ3n) is 3.84. The topological polar surface area (TPSA) is 40.5 Å². The Hall–Kier alpha value is -0.570. The zero-order valence-corrected chi connectivity index (χ0v) is 10.8. The van der Waals surface area contributed by atoms with Crippen LogP contribution in [0.2, 0.25) is 0 Å². The summed E-state index contributed by atoms with van der Waals surface area (Å²) in [6.07, 6.45) is 5.06. The van der Waals surface area contributed by atoms with Gasteiger partial charge in [-0.2, -0.15) is 0 Å². The van der Waals surface area contributed by atoms with Gasteiger partial charge in [-0.15, -0.1) is 0 Å². The van der Waals surface area contributed by atoms with Crippen molar-refractivity contribution in [1.82, 2.24) is 4.90 Å². The molecule has 1 rings (SSSR count). The lowest BCUT2D eigenvalue weighted by Crippen LogP contribution is -2.41. The van der Waals surface area contributed by atoms with Crippen molar-refractivity contribution in [3.05, 3.63) is 0 Å². The van der Waals surface area contributed by atoms with E-state index in [4.69, 9.17) is 5.11 Å². The molecule has 94 valence electrons. The smallest absolute Gasteiger partial charge is 0.307 e. The third kappa shape index (κ3) is 3.78. The highest BCUT2D eigenvalue weighted by Crippen LogP contribution is 2.27. The van der Waals surface area contributed by atoms with E-state index in [0.717, 1.165) is 12.5 Å². The van der Waals surface area contributed by atoms with Gasteiger partial charge < -0.3 is 5.11 Å². The molecule has 0 spiro atoms. The molecule has 1 saturated carbocycles. The van der Waals surface area contributed by atoms with Gasteiger partial charge in [0.05, 0.1) is 5.92 Å².